The lowest BCUT2D eigenvalue weighted by molar-refractivity contribution is 0.560. The maximum absolute atomic E-state index is 10.6. The summed E-state index contributed by atoms with van der Waals surface area (Å²) in [5, 5.41) is 0. The quantitative estimate of drug-likeness (QED) is 0.618. The van der Waals surface area contributed by atoms with Gasteiger partial charge in [-0.1, -0.05) is 48.5 Å². The molecule has 1 atom stereocenters. The monoisotopic (exact) mass is 250 g/mol. The van der Waals surface area contributed by atoms with Crippen LogP contribution in [0.4, 0.5) is 5.69 Å². The molecular formula is C15H10N2O2. The highest BCUT2D eigenvalue weighted by atomic mass is 16.1. The van der Waals surface area contributed by atoms with E-state index < -0.39 is 6.04 Å². The smallest absolute Gasteiger partial charge is 0.211 e. The Kier molecular flexibility index (Phi) is 4.14. The summed E-state index contributed by atoms with van der Waals surface area (Å²) in [6, 6.07) is 15.8. The molecule has 92 valence electrons. The maximum Gasteiger partial charge on any atom is 0.240 e. The molecule has 2 rings (SSSR count). The van der Waals surface area contributed by atoms with Crippen molar-refractivity contribution in [1.82, 2.24) is 0 Å². The molecule has 0 aliphatic heterocycles. The molecular weight excluding hydrogens is 240 g/mol. The van der Waals surface area contributed by atoms with Gasteiger partial charge in [0.1, 0.15) is 6.04 Å². The highest BCUT2D eigenvalue weighted by molar-refractivity contribution is 5.57. The summed E-state index contributed by atoms with van der Waals surface area (Å²) >= 11 is 0. The van der Waals surface area contributed by atoms with Crippen molar-refractivity contribution in [2.45, 2.75) is 6.04 Å². The van der Waals surface area contributed by atoms with Crippen LogP contribution in [0.5, 0.6) is 0 Å². The molecule has 0 N–H and O–H groups in total. The molecule has 2 aromatic rings. The molecule has 19 heavy (non-hydrogen) atoms. The van der Waals surface area contributed by atoms with Crippen LogP contribution in [0, 0.1) is 0 Å². The van der Waals surface area contributed by atoms with Crippen LogP contribution >= 0.6 is 0 Å². The fraction of sp³-hybridized carbons (Fsp3) is 0.0667. The molecule has 4 heteroatoms. The van der Waals surface area contributed by atoms with Crippen LogP contribution in [0.1, 0.15) is 17.2 Å². The van der Waals surface area contributed by atoms with E-state index in [4.69, 9.17) is 0 Å². The molecule has 0 aromatic heterocycles. The van der Waals surface area contributed by atoms with Gasteiger partial charge >= 0.3 is 0 Å². The van der Waals surface area contributed by atoms with Gasteiger partial charge in [-0.2, -0.15) is 9.98 Å². The molecule has 0 aliphatic carbocycles. The molecule has 4 nitrogen and oxygen atoms in total. The van der Waals surface area contributed by atoms with Gasteiger partial charge in [-0.05, 0) is 11.6 Å². The molecule has 0 fully saturated rings. The second-order valence-electron chi connectivity index (χ2n) is 3.80. The fourth-order valence-corrected chi connectivity index (χ4v) is 1.88. The number of isocyanates is 2. The van der Waals surface area contributed by atoms with Crippen molar-refractivity contribution >= 4 is 17.8 Å². The Morgan fingerprint density at radius 1 is 0.842 bits per heavy atom. The first-order chi connectivity index (χ1) is 9.36. The predicted molar refractivity (Wildman–Crippen MR) is 70.6 cm³/mol. The highest BCUT2D eigenvalue weighted by Crippen LogP contribution is 2.32. The molecule has 2 aromatic carbocycles. The lowest BCUT2D eigenvalue weighted by Crippen LogP contribution is -1.98. The van der Waals surface area contributed by atoms with Crippen molar-refractivity contribution in [2.75, 3.05) is 0 Å². The van der Waals surface area contributed by atoms with Gasteiger partial charge in [0.05, 0.1) is 5.69 Å². The van der Waals surface area contributed by atoms with Gasteiger partial charge in [0.2, 0.25) is 12.2 Å². The van der Waals surface area contributed by atoms with Crippen molar-refractivity contribution in [2.24, 2.45) is 9.98 Å². The van der Waals surface area contributed by atoms with E-state index in [9.17, 15) is 9.59 Å². The van der Waals surface area contributed by atoms with E-state index in [1.165, 1.54) is 6.08 Å². The summed E-state index contributed by atoms with van der Waals surface area (Å²) in [7, 11) is 0. The Morgan fingerprint density at radius 3 is 2.21 bits per heavy atom. The van der Waals surface area contributed by atoms with Gasteiger partial charge in [0, 0.05) is 5.56 Å². The number of rotatable bonds is 4. The second-order valence-corrected chi connectivity index (χ2v) is 3.80. The van der Waals surface area contributed by atoms with Crippen LogP contribution in [0.15, 0.2) is 64.6 Å². The van der Waals surface area contributed by atoms with Crippen LogP contribution in [-0.2, 0) is 9.59 Å². The largest absolute Gasteiger partial charge is 0.240 e. The first kappa shape index (κ1) is 12.7. The van der Waals surface area contributed by atoms with E-state index in [0.717, 1.165) is 5.56 Å². The molecule has 0 amide bonds. The van der Waals surface area contributed by atoms with Crippen LogP contribution < -0.4 is 0 Å². The molecule has 0 spiro atoms. The Balaban J connectivity index is 2.57. The SMILES string of the molecule is O=C=Nc1ccccc1C(N=C=O)c1ccccc1. The van der Waals surface area contributed by atoms with E-state index in [2.05, 4.69) is 9.98 Å². The minimum atomic E-state index is -0.521. The van der Waals surface area contributed by atoms with Gasteiger partial charge in [-0.15, -0.1) is 0 Å². The van der Waals surface area contributed by atoms with E-state index in [-0.39, 0.29) is 0 Å². The normalized spacial score (nSPS) is 10.9. The van der Waals surface area contributed by atoms with Crippen molar-refractivity contribution in [3.8, 4) is 0 Å². The van der Waals surface area contributed by atoms with Crippen LogP contribution in [0.3, 0.4) is 0 Å². The molecule has 0 radical (unpaired) electrons. The summed E-state index contributed by atoms with van der Waals surface area (Å²) in [5.41, 5.74) is 1.95. The number of hydrogen-bond donors (Lipinski definition) is 0. The van der Waals surface area contributed by atoms with Gasteiger partial charge in [-0.3, -0.25) is 0 Å². The van der Waals surface area contributed by atoms with E-state index >= 15 is 0 Å². The number of benzene rings is 2. The van der Waals surface area contributed by atoms with Crippen molar-refractivity contribution in [3.63, 3.8) is 0 Å². The molecule has 0 aliphatic rings. The van der Waals surface area contributed by atoms with Gasteiger partial charge in [-0.25, -0.2) is 9.59 Å². The van der Waals surface area contributed by atoms with Crippen LogP contribution in [-0.4, -0.2) is 12.2 Å². The lowest BCUT2D eigenvalue weighted by atomic mass is 9.98. The molecule has 0 saturated heterocycles. The highest BCUT2D eigenvalue weighted by Gasteiger charge is 2.16. The summed E-state index contributed by atoms with van der Waals surface area (Å²) in [6.07, 6.45) is 3.08. The number of nitrogens with zero attached hydrogens (tertiary/aromatic N) is 2. The van der Waals surface area contributed by atoms with Gasteiger partial charge in [0.15, 0.2) is 0 Å². The average Bonchev–Trinajstić information content (AvgIpc) is 2.47. The predicted octanol–water partition coefficient (Wildman–Crippen LogP) is 3.08. The minimum Gasteiger partial charge on any atom is -0.211 e. The number of aliphatic imine (C=N–C) groups is 2. The topological polar surface area (TPSA) is 58.9 Å². The Bertz CT molecular complexity index is 655. The van der Waals surface area contributed by atoms with E-state index in [1.54, 1.807) is 30.3 Å². The molecule has 1 unspecified atom stereocenters. The summed E-state index contributed by atoms with van der Waals surface area (Å²) in [6.45, 7) is 0. The zero-order valence-electron chi connectivity index (χ0n) is 9.98. The average molecular weight is 250 g/mol. The standard InChI is InChI=1S/C15H10N2O2/c18-10-16-14-9-5-4-8-13(14)15(17-11-19)12-6-2-1-3-7-12/h1-9,15H. The zero-order chi connectivity index (χ0) is 13.5. The molecule has 0 heterocycles. The third-order valence-corrected chi connectivity index (χ3v) is 2.69. The summed E-state index contributed by atoms with van der Waals surface area (Å²) in [5.74, 6) is 0. The third kappa shape index (κ3) is 2.90. The van der Waals surface area contributed by atoms with E-state index in [1.807, 2.05) is 30.3 Å². The second kappa shape index (κ2) is 6.22. The zero-order valence-corrected chi connectivity index (χ0v) is 9.98. The maximum atomic E-state index is 10.6. The summed E-state index contributed by atoms with van der Waals surface area (Å²) in [4.78, 5) is 28.5. The fourth-order valence-electron chi connectivity index (χ4n) is 1.88. The lowest BCUT2D eigenvalue weighted by Gasteiger charge is -2.13. The Hall–Kier alpha value is -2.80. The first-order valence-electron chi connectivity index (χ1n) is 5.65. The van der Waals surface area contributed by atoms with Crippen molar-refractivity contribution < 1.29 is 9.59 Å². The van der Waals surface area contributed by atoms with Crippen molar-refractivity contribution in [1.29, 1.82) is 0 Å². The molecule has 0 saturated carbocycles. The van der Waals surface area contributed by atoms with E-state index in [0.29, 0.717) is 11.3 Å². The van der Waals surface area contributed by atoms with Crippen LogP contribution in [0.2, 0.25) is 0 Å². The molecule has 0 bridgehead atoms. The Morgan fingerprint density at radius 2 is 1.53 bits per heavy atom. The van der Waals surface area contributed by atoms with Crippen LogP contribution in [0.25, 0.3) is 0 Å². The number of hydrogen-bond acceptors (Lipinski definition) is 4. The van der Waals surface area contributed by atoms with Gasteiger partial charge in [0.25, 0.3) is 0 Å². The first-order valence-corrected chi connectivity index (χ1v) is 5.65. The Labute approximate surface area is 110 Å². The number of para-hydroxylation sites is 1. The summed E-state index contributed by atoms with van der Waals surface area (Å²) < 4.78 is 0. The minimum absolute atomic E-state index is 0.449. The number of carbonyl (C=O) groups excluding carboxylic acids is 2. The van der Waals surface area contributed by atoms with Gasteiger partial charge < -0.3 is 0 Å². The third-order valence-electron chi connectivity index (χ3n) is 2.69. The van der Waals surface area contributed by atoms with Crippen molar-refractivity contribution in [3.05, 3.63) is 65.7 Å².